The molecule has 0 amide bonds. The number of aromatic amines is 1. The van der Waals surface area contributed by atoms with E-state index in [4.69, 9.17) is 9.47 Å². The maximum atomic E-state index is 14.3. The number of methoxy groups -OCH3 is 1. The number of alkyl halides is 3. The van der Waals surface area contributed by atoms with Crippen molar-refractivity contribution >= 4 is 33.1 Å². The fourth-order valence-electron chi connectivity index (χ4n) is 5.00. The molecule has 34 heavy (non-hydrogen) atoms. The molecule has 0 bridgehead atoms. The molecule has 8 heteroatoms. The lowest BCUT2D eigenvalue weighted by atomic mass is 9.91. The van der Waals surface area contributed by atoms with E-state index < -0.39 is 17.7 Å². The van der Waals surface area contributed by atoms with Gasteiger partial charge in [0, 0.05) is 11.1 Å². The van der Waals surface area contributed by atoms with Gasteiger partial charge in [-0.25, -0.2) is 4.79 Å². The Morgan fingerprint density at radius 1 is 1.12 bits per heavy atom. The van der Waals surface area contributed by atoms with E-state index in [1.54, 1.807) is 12.1 Å². The van der Waals surface area contributed by atoms with Gasteiger partial charge in [-0.3, -0.25) is 0 Å². The van der Waals surface area contributed by atoms with Gasteiger partial charge in [-0.05, 0) is 81.2 Å². The Morgan fingerprint density at radius 2 is 1.91 bits per heavy atom. The van der Waals surface area contributed by atoms with E-state index in [9.17, 15) is 18.0 Å². The number of benzene rings is 1. The van der Waals surface area contributed by atoms with Crippen molar-refractivity contribution in [1.29, 1.82) is 0 Å². The zero-order valence-electron chi connectivity index (χ0n) is 18.9. The number of thiophene rings is 1. The lowest BCUT2D eigenvalue weighted by Crippen LogP contribution is -2.13. The first-order valence-electron chi connectivity index (χ1n) is 11.7. The van der Waals surface area contributed by atoms with E-state index in [0.29, 0.717) is 16.1 Å². The van der Waals surface area contributed by atoms with Crippen LogP contribution in [0.15, 0.2) is 30.3 Å². The standard InChI is InChI=1S/C26H26F3NO3S/c1-32-25(31)21-14-20-24(34-21)22(15-7-3-2-4-8-15)23(30-20)18-12-11-17(13-19(18)26(27,28)29)33-16-9-5-6-10-16/h7,11-14,16,30H,2-6,8-10H2,1H3. The quantitative estimate of drug-likeness (QED) is 0.370. The van der Waals surface area contributed by atoms with E-state index in [1.165, 1.54) is 24.5 Å². The summed E-state index contributed by atoms with van der Waals surface area (Å²) in [6, 6.07) is 5.93. The molecule has 4 nitrogen and oxygen atoms in total. The van der Waals surface area contributed by atoms with Crippen LogP contribution in [0.3, 0.4) is 0 Å². The predicted molar refractivity (Wildman–Crippen MR) is 127 cm³/mol. The van der Waals surface area contributed by atoms with Crippen molar-refractivity contribution in [1.82, 2.24) is 4.98 Å². The number of allylic oxidation sites excluding steroid dienone is 2. The maximum Gasteiger partial charge on any atom is 0.417 e. The molecule has 2 heterocycles. The van der Waals surface area contributed by atoms with Crippen LogP contribution >= 0.6 is 11.3 Å². The third-order valence-electron chi connectivity index (χ3n) is 6.64. The average molecular weight is 490 g/mol. The van der Waals surface area contributed by atoms with Crippen LogP contribution in [0.5, 0.6) is 5.75 Å². The molecule has 2 aromatic heterocycles. The van der Waals surface area contributed by atoms with E-state index in [2.05, 4.69) is 11.1 Å². The highest BCUT2D eigenvalue weighted by Gasteiger charge is 2.36. The molecule has 5 rings (SSSR count). The van der Waals surface area contributed by atoms with Crippen molar-refractivity contribution in [3.8, 4) is 17.0 Å². The molecule has 2 aliphatic carbocycles. The van der Waals surface area contributed by atoms with Crippen LogP contribution in [-0.4, -0.2) is 24.2 Å². The van der Waals surface area contributed by atoms with Gasteiger partial charge in [0.05, 0.1) is 34.7 Å². The number of H-pyrrole nitrogens is 1. The Bertz CT molecular complexity index is 1250. The second kappa shape index (κ2) is 9.13. The summed E-state index contributed by atoms with van der Waals surface area (Å²) >= 11 is 1.25. The largest absolute Gasteiger partial charge is 0.490 e. The lowest BCUT2D eigenvalue weighted by Gasteiger charge is -2.19. The molecule has 0 saturated heterocycles. The minimum atomic E-state index is -4.54. The van der Waals surface area contributed by atoms with Crippen LogP contribution in [0.2, 0.25) is 0 Å². The summed E-state index contributed by atoms with van der Waals surface area (Å²) < 4.78 is 54.3. The molecule has 0 radical (unpaired) electrons. The number of carbonyl (C=O) groups excluding carboxylic acids is 1. The number of ether oxygens (including phenoxy) is 2. The monoisotopic (exact) mass is 489 g/mol. The van der Waals surface area contributed by atoms with Gasteiger partial charge in [-0.15, -0.1) is 11.3 Å². The van der Waals surface area contributed by atoms with Crippen molar-refractivity contribution < 1.29 is 27.4 Å². The lowest BCUT2D eigenvalue weighted by molar-refractivity contribution is -0.137. The molecule has 1 N–H and O–H groups in total. The smallest absolute Gasteiger partial charge is 0.417 e. The van der Waals surface area contributed by atoms with Crippen LogP contribution in [0, 0.1) is 0 Å². The number of rotatable bonds is 5. The maximum absolute atomic E-state index is 14.3. The van der Waals surface area contributed by atoms with Gasteiger partial charge >= 0.3 is 12.1 Å². The highest BCUT2D eigenvalue weighted by atomic mass is 32.1. The van der Waals surface area contributed by atoms with E-state index >= 15 is 0 Å². The molecule has 0 aliphatic heterocycles. The van der Waals surface area contributed by atoms with Gasteiger partial charge in [-0.1, -0.05) is 6.08 Å². The summed E-state index contributed by atoms with van der Waals surface area (Å²) in [6.45, 7) is 0. The van der Waals surface area contributed by atoms with Crippen LogP contribution in [0.25, 0.3) is 27.0 Å². The number of halogens is 3. The minimum Gasteiger partial charge on any atom is -0.490 e. The van der Waals surface area contributed by atoms with Gasteiger partial charge in [0.25, 0.3) is 0 Å². The van der Waals surface area contributed by atoms with Gasteiger partial charge in [0.2, 0.25) is 0 Å². The first kappa shape index (κ1) is 23.0. The Balaban J connectivity index is 1.66. The molecule has 3 aromatic rings. The first-order valence-corrected chi connectivity index (χ1v) is 12.5. The molecule has 2 aliphatic rings. The van der Waals surface area contributed by atoms with Crippen LogP contribution in [0.4, 0.5) is 13.2 Å². The third kappa shape index (κ3) is 4.35. The van der Waals surface area contributed by atoms with Crippen molar-refractivity contribution in [2.75, 3.05) is 7.11 Å². The second-order valence-corrected chi connectivity index (χ2v) is 9.98. The topological polar surface area (TPSA) is 51.3 Å². The molecular formula is C26H26F3NO3S. The Labute approximate surface area is 199 Å². The average Bonchev–Trinajstić information content (AvgIpc) is 3.55. The minimum absolute atomic E-state index is 0.0255. The zero-order chi connectivity index (χ0) is 23.9. The van der Waals surface area contributed by atoms with Gasteiger partial charge in [-0.2, -0.15) is 13.2 Å². The number of fused-ring (bicyclic) bond motifs is 1. The first-order chi connectivity index (χ1) is 16.3. The fourth-order valence-corrected chi connectivity index (χ4v) is 6.12. The summed E-state index contributed by atoms with van der Waals surface area (Å²) in [6.07, 6.45) is 5.08. The molecular weight excluding hydrogens is 463 g/mol. The Hall–Kier alpha value is -2.74. The zero-order valence-corrected chi connectivity index (χ0v) is 19.7. The number of esters is 1. The van der Waals surface area contributed by atoms with Gasteiger partial charge < -0.3 is 14.5 Å². The van der Waals surface area contributed by atoms with Crippen molar-refractivity contribution in [3.63, 3.8) is 0 Å². The summed E-state index contributed by atoms with van der Waals surface area (Å²) in [5.74, 6) is -0.202. The number of hydrogen-bond acceptors (Lipinski definition) is 4. The van der Waals surface area contributed by atoms with Gasteiger partial charge in [0.15, 0.2) is 0 Å². The molecule has 0 spiro atoms. The summed E-state index contributed by atoms with van der Waals surface area (Å²) in [4.78, 5) is 15.7. The number of nitrogens with one attached hydrogen (secondary N) is 1. The van der Waals surface area contributed by atoms with Crippen LogP contribution in [-0.2, 0) is 10.9 Å². The number of aromatic nitrogens is 1. The third-order valence-corrected chi connectivity index (χ3v) is 7.77. The molecule has 1 fully saturated rings. The normalized spacial score (nSPS) is 17.2. The predicted octanol–water partition coefficient (Wildman–Crippen LogP) is 7.98. The van der Waals surface area contributed by atoms with Gasteiger partial charge in [0.1, 0.15) is 10.6 Å². The van der Waals surface area contributed by atoms with E-state index in [-0.39, 0.29) is 17.4 Å². The van der Waals surface area contributed by atoms with E-state index in [1.807, 2.05) is 0 Å². The number of hydrogen-bond donors (Lipinski definition) is 1. The fraction of sp³-hybridized carbons (Fsp3) is 0.423. The van der Waals surface area contributed by atoms with Crippen molar-refractivity contribution in [3.05, 3.63) is 46.3 Å². The molecule has 180 valence electrons. The second-order valence-electron chi connectivity index (χ2n) is 8.92. The van der Waals surface area contributed by atoms with Crippen molar-refractivity contribution in [2.45, 2.75) is 63.6 Å². The highest BCUT2D eigenvalue weighted by molar-refractivity contribution is 7.21. The van der Waals surface area contributed by atoms with Crippen LogP contribution in [0.1, 0.15) is 72.2 Å². The summed E-state index contributed by atoms with van der Waals surface area (Å²) in [5.41, 5.74) is 2.22. The highest BCUT2D eigenvalue weighted by Crippen LogP contribution is 2.46. The molecule has 0 unspecified atom stereocenters. The summed E-state index contributed by atoms with van der Waals surface area (Å²) in [7, 11) is 1.32. The van der Waals surface area contributed by atoms with E-state index in [0.717, 1.165) is 73.3 Å². The molecule has 1 saturated carbocycles. The number of carbonyl (C=O) groups is 1. The Kier molecular flexibility index (Phi) is 6.18. The SMILES string of the molecule is COC(=O)c1cc2[nH]c(-c3ccc(OC4CCCC4)cc3C(F)(F)F)c(C3=CCCCC3)c2s1. The van der Waals surface area contributed by atoms with Crippen molar-refractivity contribution in [2.24, 2.45) is 0 Å². The van der Waals surface area contributed by atoms with Crippen LogP contribution < -0.4 is 4.74 Å². The molecule has 0 atom stereocenters. The summed E-state index contributed by atoms with van der Waals surface area (Å²) in [5, 5.41) is 0. The Morgan fingerprint density at radius 3 is 2.59 bits per heavy atom. The molecule has 1 aromatic carbocycles.